The number of hydrogen-bond acceptors (Lipinski definition) is 4. The van der Waals surface area contributed by atoms with Crippen LogP contribution in [0.4, 0.5) is 0 Å². The van der Waals surface area contributed by atoms with Gasteiger partial charge in [0.2, 0.25) is 0 Å². The zero-order valence-corrected chi connectivity index (χ0v) is 11.9. The normalized spacial score (nSPS) is 12.1. The van der Waals surface area contributed by atoms with Crippen LogP contribution in [-0.4, -0.2) is 51.0 Å². The molecule has 1 N–H and O–H groups in total. The van der Waals surface area contributed by atoms with Crippen LogP contribution in [0.5, 0.6) is 5.75 Å². The van der Waals surface area contributed by atoms with Crippen molar-refractivity contribution in [3.8, 4) is 5.75 Å². The van der Waals surface area contributed by atoms with E-state index in [1.54, 1.807) is 7.11 Å². The van der Waals surface area contributed by atoms with Crippen molar-refractivity contribution in [2.45, 2.75) is 6.10 Å². The van der Waals surface area contributed by atoms with E-state index in [-0.39, 0.29) is 12.4 Å². The molecule has 0 bridgehead atoms. The summed E-state index contributed by atoms with van der Waals surface area (Å²) in [5, 5.41) is 9.87. The maximum absolute atomic E-state index is 9.87. The highest BCUT2D eigenvalue weighted by atomic mass is 35.5. The fourth-order valence-corrected chi connectivity index (χ4v) is 1.36. The van der Waals surface area contributed by atoms with Gasteiger partial charge in [-0.1, -0.05) is 12.1 Å². The molecular weight excluding hydrogens is 254 g/mol. The quantitative estimate of drug-likeness (QED) is 0.770. The number of likely N-dealkylation sites (N-methyl/N-ethyl adjacent to an activating group) is 1. The van der Waals surface area contributed by atoms with E-state index in [0.29, 0.717) is 13.2 Å². The Morgan fingerprint density at radius 2 is 1.83 bits per heavy atom. The van der Waals surface area contributed by atoms with Gasteiger partial charge >= 0.3 is 0 Å². The summed E-state index contributed by atoms with van der Waals surface area (Å²) in [5.74, 6) is 0.787. The lowest BCUT2D eigenvalue weighted by atomic mass is 10.1. The number of aliphatic hydroxyl groups excluding tert-OH is 1. The zero-order valence-electron chi connectivity index (χ0n) is 11.1. The first kappa shape index (κ1) is 17.2. The number of benzene rings is 1. The predicted octanol–water partition coefficient (Wildman–Crippen LogP) is 1.73. The molecule has 4 nitrogen and oxygen atoms in total. The number of aliphatic hydroxyl groups is 1. The Bertz CT molecular complexity index is 317. The van der Waals surface area contributed by atoms with E-state index in [4.69, 9.17) is 9.47 Å². The Morgan fingerprint density at radius 3 is 2.33 bits per heavy atom. The summed E-state index contributed by atoms with van der Waals surface area (Å²) in [6.07, 6.45) is -0.580. The first-order valence-corrected chi connectivity index (χ1v) is 5.68. The Kier molecular flexibility index (Phi) is 8.75. The predicted molar refractivity (Wildman–Crippen MR) is 74.6 cm³/mol. The van der Waals surface area contributed by atoms with Crippen molar-refractivity contribution in [1.82, 2.24) is 4.90 Å². The third kappa shape index (κ3) is 6.21. The molecule has 0 saturated heterocycles. The second-order valence-corrected chi connectivity index (χ2v) is 4.17. The van der Waals surface area contributed by atoms with Crippen LogP contribution >= 0.6 is 12.4 Å². The average Bonchev–Trinajstić information content (AvgIpc) is 2.34. The summed E-state index contributed by atoms with van der Waals surface area (Å²) in [6.45, 7) is 1.80. The van der Waals surface area contributed by atoms with Gasteiger partial charge in [-0.25, -0.2) is 0 Å². The van der Waals surface area contributed by atoms with Gasteiger partial charge in [-0.05, 0) is 31.8 Å². The van der Waals surface area contributed by atoms with E-state index >= 15 is 0 Å². The molecule has 0 aromatic heterocycles. The van der Waals surface area contributed by atoms with E-state index in [1.807, 2.05) is 43.3 Å². The molecule has 5 heteroatoms. The first-order chi connectivity index (χ1) is 8.13. The molecule has 1 atom stereocenters. The summed E-state index contributed by atoms with van der Waals surface area (Å²) in [5.41, 5.74) is 0.843. The van der Waals surface area contributed by atoms with Crippen LogP contribution in [0.1, 0.15) is 11.7 Å². The van der Waals surface area contributed by atoms with Crippen LogP contribution in [-0.2, 0) is 4.74 Å². The molecule has 1 rings (SSSR count). The SMILES string of the molecule is COc1ccc(C(O)COCCN(C)C)cc1.Cl. The number of ether oxygens (including phenoxy) is 2. The van der Waals surface area contributed by atoms with Gasteiger partial charge in [-0.2, -0.15) is 0 Å². The number of halogens is 1. The molecular formula is C13H22ClNO3. The second kappa shape index (κ2) is 9.16. The lowest BCUT2D eigenvalue weighted by Gasteiger charge is -2.14. The molecule has 0 fully saturated rings. The Hall–Kier alpha value is -0.810. The molecule has 0 spiro atoms. The molecule has 1 unspecified atom stereocenters. The van der Waals surface area contributed by atoms with Crippen molar-refractivity contribution in [1.29, 1.82) is 0 Å². The maximum atomic E-state index is 9.87. The largest absolute Gasteiger partial charge is 0.497 e. The third-order valence-corrected chi connectivity index (χ3v) is 2.46. The first-order valence-electron chi connectivity index (χ1n) is 5.68. The van der Waals surface area contributed by atoms with Crippen LogP contribution in [0, 0.1) is 0 Å². The summed E-state index contributed by atoms with van der Waals surface area (Å²) >= 11 is 0. The van der Waals surface area contributed by atoms with Gasteiger partial charge in [0.25, 0.3) is 0 Å². The molecule has 0 radical (unpaired) electrons. The Balaban J connectivity index is 0.00000289. The van der Waals surface area contributed by atoms with Gasteiger partial charge in [-0.3, -0.25) is 0 Å². The standard InChI is InChI=1S/C13H21NO3.ClH/c1-14(2)8-9-17-10-13(15)11-4-6-12(16-3)7-5-11;/h4-7,13,15H,8-10H2,1-3H3;1H. The zero-order chi connectivity index (χ0) is 12.7. The van der Waals surface area contributed by atoms with Gasteiger partial charge < -0.3 is 19.5 Å². The number of hydrogen-bond donors (Lipinski definition) is 1. The van der Waals surface area contributed by atoms with Crippen LogP contribution in [0.25, 0.3) is 0 Å². The lowest BCUT2D eigenvalue weighted by Crippen LogP contribution is -2.19. The molecule has 0 aliphatic rings. The van der Waals surface area contributed by atoms with E-state index in [9.17, 15) is 5.11 Å². The molecule has 0 saturated carbocycles. The number of methoxy groups -OCH3 is 1. The summed E-state index contributed by atoms with van der Waals surface area (Å²) in [6, 6.07) is 7.36. The van der Waals surface area contributed by atoms with Crippen molar-refractivity contribution in [2.75, 3.05) is 41.0 Å². The average molecular weight is 276 g/mol. The van der Waals surface area contributed by atoms with Gasteiger partial charge in [0.1, 0.15) is 11.9 Å². The van der Waals surface area contributed by atoms with Crippen molar-refractivity contribution >= 4 is 12.4 Å². The minimum Gasteiger partial charge on any atom is -0.497 e. The fraction of sp³-hybridized carbons (Fsp3) is 0.538. The molecule has 0 aliphatic heterocycles. The van der Waals surface area contributed by atoms with Gasteiger partial charge in [0.05, 0.1) is 20.3 Å². The van der Waals surface area contributed by atoms with E-state index in [0.717, 1.165) is 17.9 Å². The highest BCUT2D eigenvalue weighted by Crippen LogP contribution is 2.17. The van der Waals surface area contributed by atoms with Crippen LogP contribution in [0.3, 0.4) is 0 Å². The Morgan fingerprint density at radius 1 is 1.22 bits per heavy atom. The summed E-state index contributed by atoms with van der Waals surface area (Å²) < 4.78 is 10.4. The molecule has 0 aliphatic carbocycles. The number of rotatable bonds is 7. The molecule has 18 heavy (non-hydrogen) atoms. The van der Waals surface area contributed by atoms with Crippen molar-refractivity contribution in [2.24, 2.45) is 0 Å². The molecule has 104 valence electrons. The van der Waals surface area contributed by atoms with Crippen LogP contribution in [0.2, 0.25) is 0 Å². The fourth-order valence-electron chi connectivity index (χ4n) is 1.36. The molecule has 0 amide bonds. The monoisotopic (exact) mass is 275 g/mol. The number of nitrogens with zero attached hydrogens (tertiary/aromatic N) is 1. The van der Waals surface area contributed by atoms with Crippen LogP contribution < -0.4 is 4.74 Å². The summed E-state index contributed by atoms with van der Waals surface area (Å²) in [4.78, 5) is 2.04. The van der Waals surface area contributed by atoms with E-state index in [1.165, 1.54) is 0 Å². The highest BCUT2D eigenvalue weighted by molar-refractivity contribution is 5.85. The molecule has 1 aromatic rings. The third-order valence-electron chi connectivity index (χ3n) is 2.46. The Labute approximate surface area is 115 Å². The maximum Gasteiger partial charge on any atom is 0.118 e. The molecule has 0 heterocycles. The van der Waals surface area contributed by atoms with Crippen LogP contribution in [0.15, 0.2) is 24.3 Å². The minimum absolute atomic E-state index is 0. The van der Waals surface area contributed by atoms with Gasteiger partial charge in [0.15, 0.2) is 0 Å². The minimum atomic E-state index is -0.580. The summed E-state index contributed by atoms with van der Waals surface area (Å²) in [7, 11) is 5.60. The van der Waals surface area contributed by atoms with E-state index < -0.39 is 6.10 Å². The van der Waals surface area contributed by atoms with Crippen molar-refractivity contribution in [3.63, 3.8) is 0 Å². The second-order valence-electron chi connectivity index (χ2n) is 4.17. The smallest absolute Gasteiger partial charge is 0.118 e. The lowest BCUT2D eigenvalue weighted by molar-refractivity contribution is 0.0306. The van der Waals surface area contributed by atoms with Crippen molar-refractivity contribution < 1.29 is 14.6 Å². The van der Waals surface area contributed by atoms with Crippen molar-refractivity contribution in [3.05, 3.63) is 29.8 Å². The van der Waals surface area contributed by atoms with Gasteiger partial charge in [0, 0.05) is 6.54 Å². The topological polar surface area (TPSA) is 41.9 Å². The van der Waals surface area contributed by atoms with E-state index in [2.05, 4.69) is 0 Å². The van der Waals surface area contributed by atoms with Gasteiger partial charge in [-0.15, -0.1) is 12.4 Å². The molecule has 1 aromatic carbocycles. The highest BCUT2D eigenvalue weighted by Gasteiger charge is 2.07.